The monoisotopic (exact) mass is 117 g/mol. The maximum Gasteiger partial charge on any atom is 0.0713 e. The van der Waals surface area contributed by atoms with Gasteiger partial charge in [-0.2, -0.15) is 5.06 Å². The van der Waals surface area contributed by atoms with E-state index in [1.165, 1.54) is 0 Å². The van der Waals surface area contributed by atoms with Gasteiger partial charge in [0.2, 0.25) is 0 Å². The molecule has 3 nitrogen and oxygen atoms in total. The number of hydrogen-bond acceptors (Lipinski definition) is 3. The zero-order chi connectivity index (χ0) is 5.98. The van der Waals surface area contributed by atoms with Crippen molar-refractivity contribution in [3.63, 3.8) is 0 Å². The highest BCUT2D eigenvalue weighted by Crippen LogP contribution is 2.02. The Labute approximate surface area is 48.8 Å². The van der Waals surface area contributed by atoms with Crippen molar-refractivity contribution in [1.82, 2.24) is 5.06 Å². The summed E-state index contributed by atoms with van der Waals surface area (Å²) in [6.45, 7) is 1.29. The van der Waals surface area contributed by atoms with Gasteiger partial charge in [0, 0.05) is 13.6 Å². The summed E-state index contributed by atoms with van der Waals surface area (Å²) in [7, 11) is 1.82. The first-order valence-corrected chi connectivity index (χ1v) is 2.81. The van der Waals surface area contributed by atoms with Gasteiger partial charge in [-0.15, -0.1) is 0 Å². The summed E-state index contributed by atoms with van der Waals surface area (Å²) in [6, 6.07) is 0. The minimum atomic E-state index is -0.186. The van der Waals surface area contributed by atoms with Crippen LogP contribution in [-0.4, -0.2) is 36.5 Å². The van der Waals surface area contributed by atoms with Crippen LogP contribution < -0.4 is 0 Å². The average Bonchev–Trinajstić information content (AvgIpc) is 1.64. The summed E-state index contributed by atoms with van der Waals surface area (Å²) >= 11 is 0. The molecule has 3 heteroatoms. The number of rotatable bonds is 0. The molecule has 1 fully saturated rings. The number of hydrogen-bond donors (Lipinski definition) is 1. The molecule has 0 radical (unpaired) electrons. The van der Waals surface area contributed by atoms with Crippen molar-refractivity contribution >= 4 is 0 Å². The highest BCUT2D eigenvalue weighted by Gasteiger charge is 2.13. The molecule has 1 saturated heterocycles. The minimum absolute atomic E-state index is 0.186. The fraction of sp³-hybridized carbons (Fsp3) is 1.00. The number of β-amino-alcohol motifs (C(OH)–C–C–N with tert-alkyl or cyclic N) is 1. The number of aliphatic hydroxyl groups excluding tert-OH is 1. The number of nitrogens with zero attached hydrogens (tertiary/aromatic N) is 1. The predicted molar refractivity (Wildman–Crippen MR) is 29.2 cm³/mol. The third-order valence-electron chi connectivity index (χ3n) is 1.23. The summed E-state index contributed by atoms with van der Waals surface area (Å²) in [5, 5.41) is 10.6. The molecule has 0 amide bonds. The Morgan fingerprint density at radius 3 is 2.88 bits per heavy atom. The molecule has 1 unspecified atom stereocenters. The molecule has 8 heavy (non-hydrogen) atoms. The van der Waals surface area contributed by atoms with Gasteiger partial charge in [-0.05, 0) is 6.42 Å². The van der Waals surface area contributed by atoms with E-state index in [0.717, 1.165) is 6.42 Å². The smallest absolute Gasteiger partial charge is 0.0713 e. The third kappa shape index (κ3) is 1.43. The standard InChI is InChI=1S/C5H11NO2/c1-6-4-5(7)2-3-8-6/h5,7H,2-4H2,1H3. The molecule has 48 valence electrons. The average molecular weight is 117 g/mol. The lowest BCUT2D eigenvalue weighted by Crippen LogP contribution is -2.35. The lowest BCUT2D eigenvalue weighted by Gasteiger charge is -2.25. The van der Waals surface area contributed by atoms with Gasteiger partial charge in [-0.3, -0.25) is 4.84 Å². The number of aliphatic hydroxyl groups is 1. The van der Waals surface area contributed by atoms with Gasteiger partial charge in [0.15, 0.2) is 0 Å². The van der Waals surface area contributed by atoms with Crippen LogP contribution in [0.2, 0.25) is 0 Å². The number of likely N-dealkylation sites (N-methyl/N-ethyl adjacent to an activating group) is 1. The molecule has 1 heterocycles. The highest BCUT2D eigenvalue weighted by molar-refractivity contribution is 4.59. The largest absolute Gasteiger partial charge is 0.392 e. The number of hydroxylamine groups is 2. The Balaban J connectivity index is 2.23. The van der Waals surface area contributed by atoms with E-state index in [2.05, 4.69) is 0 Å². The van der Waals surface area contributed by atoms with Crippen molar-refractivity contribution in [2.45, 2.75) is 12.5 Å². The van der Waals surface area contributed by atoms with Crippen LogP contribution in [0.15, 0.2) is 0 Å². The molecule has 0 aliphatic carbocycles. The second-order valence-corrected chi connectivity index (χ2v) is 2.09. The fourth-order valence-corrected chi connectivity index (χ4v) is 0.785. The Hall–Kier alpha value is -0.120. The Morgan fingerprint density at radius 1 is 1.75 bits per heavy atom. The SMILES string of the molecule is CN1CC(O)CCO1. The second kappa shape index (κ2) is 2.44. The molecule has 1 atom stereocenters. The summed E-state index contributed by atoms with van der Waals surface area (Å²) < 4.78 is 0. The molecular formula is C5H11NO2. The molecule has 0 bridgehead atoms. The van der Waals surface area contributed by atoms with E-state index in [0.29, 0.717) is 13.2 Å². The third-order valence-corrected chi connectivity index (χ3v) is 1.23. The zero-order valence-corrected chi connectivity index (χ0v) is 5.00. The summed E-state index contributed by atoms with van der Waals surface area (Å²) in [5.74, 6) is 0. The van der Waals surface area contributed by atoms with Crippen LogP contribution in [0.1, 0.15) is 6.42 Å². The van der Waals surface area contributed by atoms with Crippen molar-refractivity contribution < 1.29 is 9.94 Å². The molecule has 1 aliphatic rings. The summed E-state index contributed by atoms with van der Waals surface area (Å²) in [5.41, 5.74) is 0. The van der Waals surface area contributed by atoms with Gasteiger partial charge in [0.1, 0.15) is 0 Å². The Morgan fingerprint density at radius 2 is 2.50 bits per heavy atom. The Bertz CT molecular complexity index is 68.8. The molecule has 1 N–H and O–H groups in total. The van der Waals surface area contributed by atoms with E-state index in [9.17, 15) is 0 Å². The highest BCUT2D eigenvalue weighted by atomic mass is 16.7. The van der Waals surface area contributed by atoms with E-state index in [1.54, 1.807) is 5.06 Å². The van der Waals surface area contributed by atoms with Gasteiger partial charge in [-0.25, -0.2) is 0 Å². The molecule has 1 rings (SSSR count). The van der Waals surface area contributed by atoms with Crippen LogP contribution in [0.3, 0.4) is 0 Å². The van der Waals surface area contributed by atoms with Crippen molar-refractivity contribution in [3.05, 3.63) is 0 Å². The molecule has 1 aliphatic heterocycles. The molecule has 0 saturated carbocycles. The van der Waals surface area contributed by atoms with Gasteiger partial charge in [0.25, 0.3) is 0 Å². The van der Waals surface area contributed by atoms with Crippen LogP contribution in [0.25, 0.3) is 0 Å². The van der Waals surface area contributed by atoms with Crippen molar-refractivity contribution in [2.75, 3.05) is 20.2 Å². The lowest BCUT2D eigenvalue weighted by molar-refractivity contribution is -0.189. The lowest BCUT2D eigenvalue weighted by atomic mass is 10.2. The molecule has 0 spiro atoms. The van der Waals surface area contributed by atoms with E-state index >= 15 is 0 Å². The van der Waals surface area contributed by atoms with Gasteiger partial charge < -0.3 is 5.11 Å². The minimum Gasteiger partial charge on any atom is -0.392 e. The van der Waals surface area contributed by atoms with Gasteiger partial charge in [-0.1, -0.05) is 0 Å². The zero-order valence-electron chi connectivity index (χ0n) is 5.00. The van der Waals surface area contributed by atoms with Crippen LogP contribution in [0.4, 0.5) is 0 Å². The molecule has 0 aromatic carbocycles. The van der Waals surface area contributed by atoms with Crippen LogP contribution in [0.5, 0.6) is 0 Å². The first-order chi connectivity index (χ1) is 3.79. The second-order valence-electron chi connectivity index (χ2n) is 2.09. The van der Waals surface area contributed by atoms with E-state index < -0.39 is 0 Å². The maximum atomic E-state index is 8.96. The van der Waals surface area contributed by atoms with Crippen molar-refractivity contribution in [2.24, 2.45) is 0 Å². The fourth-order valence-electron chi connectivity index (χ4n) is 0.785. The van der Waals surface area contributed by atoms with Gasteiger partial charge >= 0.3 is 0 Å². The maximum absolute atomic E-state index is 8.96. The summed E-state index contributed by atoms with van der Waals surface area (Å²) in [4.78, 5) is 5.02. The normalized spacial score (nSPS) is 33.0. The van der Waals surface area contributed by atoms with Crippen molar-refractivity contribution in [1.29, 1.82) is 0 Å². The first-order valence-electron chi connectivity index (χ1n) is 2.81. The van der Waals surface area contributed by atoms with Gasteiger partial charge in [0.05, 0.1) is 12.7 Å². The predicted octanol–water partition coefficient (Wildman–Crippen LogP) is -0.386. The van der Waals surface area contributed by atoms with Crippen LogP contribution >= 0.6 is 0 Å². The van der Waals surface area contributed by atoms with E-state index in [1.807, 2.05) is 7.05 Å². The van der Waals surface area contributed by atoms with Crippen molar-refractivity contribution in [3.8, 4) is 0 Å². The summed E-state index contributed by atoms with van der Waals surface area (Å²) in [6.07, 6.45) is 0.582. The van der Waals surface area contributed by atoms with E-state index in [4.69, 9.17) is 9.94 Å². The Kier molecular flexibility index (Phi) is 1.83. The quantitative estimate of drug-likeness (QED) is 0.469. The van der Waals surface area contributed by atoms with Crippen LogP contribution in [0, 0.1) is 0 Å². The topological polar surface area (TPSA) is 32.7 Å². The first kappa shape index (κ1) is 6.01. The van der Waals surface area contributed by atoms with Crippen LogP contribution in [-0.2, 0) is 4.84 Å². The molecular weight excluding hydrogens is 106 g/mol. The van der Waals surface area contributed by atoms with E-state index in [-0.39, 0.29) is 6.10 Å². The molecule has 0 aromatic rings. The molecule has 0 aromatic heterocycles.